The predicted molar refractivity (Wildman–Crippen MR) is 122 cm³/mol. The van der Waals surface area contributed by atoms with Crippen LogP contribution in [0.15, 0.2) is 36.4 Å². The fourth-order valence-corrected chi connectivity index (χ4v) is 4.95. The molecule has 0 bridgehead atoms. The number of rotatable bonds is 2. The zero-order valence-corrected chi connectivity index (χ0v) is 20.5. The maximum Gasteiger partial charge on any atom is 0.422 e. The first-order chi connectivity index (χ1) is 20.3. The van der Waals surface area contributed by atoms with E-state index in [1.54, 1.807) is 0 Å². The van der Waals surface area contributed by atoms with Crippen LogP contribution in [0.1, 0.15) is 11.1 Å². The molecule has 0 aliphatic carbocycles. The molecular formula is C28H6F16. The van der Waals surface area contributed by atoms with Gasteiger partial charge in [-0.25, -0.2) is 43.9 Å². The van der Waals surface area contributed by atoms with E-state index < -0.39 is 125 Å². The largest absolute Gasteiger partial charge is 0.422 e. The normalized spacial score (nSPS) is 12.5. The van der Waals surface area contributed by atoms with Crippen molar-refractivity contribution < 1.29 is 70.2 Å². The molecule has 0 spiro atoms. The lowest BCUT2D eigenvalue weighted by molar-refractivity contribution is -0.144. The number of benzene rings is 5. The zero-order chi connectivity index (χ0) is 32.8. The molecule has 0 aromatic heterocycles. The standard InChI is InChI=1S/C28H6F16/c29-9-5-6-10(30)14-12(16-21(33)25(37)18(28(42,43)44)26(38)22(16)34)8-4-2-1-3-7(8)11(13(9)14)15-19(31)23(35)17(27(39,40)41)24(36)20(15)32/h1-6H. The SMILES string of the molecule is Fc1c(F)c(C(F)(F)F)c(F)c(F)c1-c1c2ccccc2c(-c2c(F)c(F)c(C(F)(F)F)c(F)c2F)c2c(F)ccc(F)c12. The maximum absolute atomic E-state index is 15.4. The van der Waals surface area contributed by atoms with E-state index >= 15 is 26.3 Å². The van der Waals surface area contributed by atoms with Crippen LogP contribution in [0.25, 0.3) is 43.8 Å². The molecule has 0 atom stereocenters. The van der Waals surface area contributed by atoms with E-state index in [0.29, 0.717) is 12.1 Å². The first-order valence-corrected chi connectivity index (χ1v) is 11.5. The average molecular weight is 646 g/mol. The van der Waals surface area contributed by atoms with Crippen LogP contribution in [0, 0.1) is 58.2 Å². The minimum absolute atomic E-state index is 0.201. The van der Waals surface area contributed by atoms with Crippen molar-refractivity contribution in [1.82, 2.24) is 0 Å². The zero-order valence-electron chi connectivity index (χ0n) is 20.5. The molecule has 0 unspecified atom stereocenters. The van der Waals surface area contributed by atoms with Crippen molar-refractivity contribution in [3.8, 4) is 22.3 Å². The Morgan fingerprint density at radius 3 is 0.864 bits per heavy atom. The minimum Gasteiger partial charge on any atom is -0.206 e. The number of hydrogen-bond donors (Lipinski definition) is 0. The van der Waals surface area contributed by atoms with Gasteiger partial charge in [0.2, 0.25) is 0 Å². The number of fused-ring (bicyclic) bond motifs is 2. The number of hydrogen-bond acceptors (Lipinski definition) is 0. The van der Waals surface area contributed by atoms with Gasteiger partial charge >= 0.3 is 12.4 Å². The molecular weight excluding hydrogens is 640 g/mol. The summed E-state index contributed by atoms with van der Waals surface area (Å²) in [7, 11) is 0. The summed E-state index contributed by atoms with van der Waals surface area (Å²) in [6, 6.07) is 3.60. The topological polar surface area (TPSA) is 0 Å². The highest BCUT2D eigenvalue weighted by Crippen LogP contribution is 2.50. The van der Waals surface area contributed by atoms with Crippen LogP contribution in [0.5, 0.6) is 0 Å². The predicted octanol–water partition coefficient (Wildman–Crippen LogP) is 10.8. The van der Waals surface area contributed by atoms with E-state index in [-0.39, 0.29) is 12.1 Å². The van der Waals surface area contributed by atoms with Gasteiger partial charge in [0.15, 0.2) is 46.5 Å². The highest BCUT2D eigenvalue weighted by molar-refractivity contribution is 6.21. The van der Waals surface area contributed by atoms with Crippen molar-refractivity contribution in [3.63, 3.8) is 0 Å². The van der Waals surface area contributed by atoms with Gasteiger partial charge in [0.1, 0.15) is 22.8 Å². The fourth-order valence-electron chi connectivity index (χ4n) is 4.95. The van der Waals surface area contributed by atoms with Gasteiger partial charge in [-0.3, -0.25) is 0 Å². The lowest BCUT2D eigenvalue weighted by atomic mass is 9.84. The summed E-state index contributed by atoms with van der Waals surface area (Å²) in [5.74, 6) is -26.8. The Morgan fingerprint density at radius 2 is 0.614 bits per heavy atom. The lowest BCUT2D eigenvalue weighted by Gasteiger charge is -2.21. The van der Waals surface area contributed by atoms with E-state index in [1.165, 1.54) is 0 Å². The maximum atomic E-state index is 15.4. The van der Waals surface area contributed by atoms with Gasteiger partial charge in [-0.2, -0.15) is 26.3 Å². The molecule has 0 nitrogen and oxygen atoms in total. The monoisotopic (exact) mass is 646 g/mol. The van der Waals surface area contributed by atoms with Gasteiger partial charge in [0.05, 0.1) is 11.1 Å². The summed E-state index contributed by atoms with van der Waals surface area (Å²) >= 11 is 0. The summed E-state index contributed by atoms with van der Waals surface area (Å²) in [6.45, 7) is 0. The second-order valence-electron chi connectivity index (χ2n) is 9.08. The van der Waals surface area contributed by atoms with E-state index in [0.717, 1.165) is 12.1 Å². The Kier molecular flexibility index (Phi) is 7.05. The van der Waals surface area contributed by atoms with E-state index in [2.05, 4.69) is 0 Å². The third-order valence-corrected chi connectivity index (χ3v) is 6.66. The van der Waals surface area contributed by atoms with Crippen LogP contribution in [0.2, 0.25) is 0 Å². The Hall–Kier alpha value is -4.50. The van der Waals surface area contributed by atoms with Crippen molar-refractivity contribution >= 4 is 21.5 Å². The van der Waals surface area contributed by atoms with Crippen molar-refractivity contribution in [2.75, 3.05) is 0 Å². The van der Waals surface area contributed by atoms with Gasteiger partial charge in [0.25, 0.3) is 0 Å². The molecule has 0 aliphatic rings. The minimum atomic E-state index is -6.01. The molecule has 5 aromatic rings. The molecule has 0 heterocycles. The van der Waals surface area contributed by atoms with Gasteiger partial charge < -0.3 is 0 Å². The van der Waals surface area contributed by atoms with Gasteiger partial charge in [-0.1, -0.05) is 24.3 Å². The first kappa shape index (κ1) is 30.9. The molecule has 0 saturated carbocycles. The average Bonchev–Trinajstić information content (AvgIpc) is 2.92. The van der Waals surface area contributed by atoms with E-state index in [9.17, 15) is 43.9 Å². The van der Waals surface area contributed by atoms with Crippen LogP contribution < -0.4 is 0 Å². The van der Waals surface area contributed by atoms with Crippen LogP contribution in [-0.2, 0) is 12.4 Å². The molecule has 5 rings (SSSR count). The summed E-state index contributed by atoms with van der Waals surface area (Å²) in [5.41, 5.74) is -13.0. The molecule has 0 fully saturated rings. The molecule has 0 radical (unpaired) electrons. The van der Waals surface area contributed by atoms with Crippen molar-refractivity contribution in [3.05, 3.63) is 106 Å². The van der Waals surface area contributed by atoms with Gasteiger partial charge in [-0.15, -0.1) is 0 Å². The second-order valence-corrected chi connectivity index (χ2v) is 9.08. The Bertz CT molecular complexity index is 1830. The van der Waals surface area contributed by atoms with Gasteiger partial charge in [0, 0.05) is 21.9 Å². The Morgan fingerprint density at radius 1 is 0.341 bits per heavy atom. The van der Waals surface area contributed by atoms with Crippen molar-refractivity contribution in [2.45, 2.75) is 12.4 Å². The highest BCUT2D eigenvalue weighted by Gasteiger charge is 2.45. The van der Waals surface area contributed by atoms with Crippen molar-refractivity contribution in [2.24, 2.45) is 0 Å². The van der Waals surface area contributed by atoms with E-state index in [1.807, 2.05) is 0 Å². The third kappa shape index (κ3) is 4.32. The molecule has 0 N–H and O–H groups in total. The Labute approximate surface area is 232 Å². The fraction of sp³-hybridized carbons (Fsp3) is 0.0714. The van der Waals surface area contributed by atoms with Gasteiger partial charge in [-0.05, 0) is 22.9 Å². The first-order valence-electron chi connectivity index (χ1n) is 11.5. The molecule has 230 valence electrons. The van der Waals surface area contributed by atoms with Crippen molar-refractivity contribution in [1.29, 1.82) is 0 Å². The highest BCUT2D eigenvalue weighted by atomic mass is 19.4. The summed E-state index contributed by atoms with van der Waals surface area (Å²) in [5, 5.41) is -4.96. The number of alkyl halides is 6. The molecule has 16 heteroatoms. The number of halogens is 16. The molecule has 0 aliphatic heterocycles. The second kappa shape index (κ2) is 10.0. The third-order valence-electron chi connectivity index (χ3n) is 6.66. The summed E-state index contributed by atoms with van der Waals surface area (Å²) in [4.78, 5) is 0. The molecule has 0 saturated heterocycles. The van der Waals surface area contributed by atoms with Crippen LogP contribution in [0.3, 0.4) is 0 Å². The quantitative estimate of drug-likeness (QED) is 0.102. The smallest absolute Gasteiger partial charge is 0.206 e. The van der Waals surface area contributed by atoms with E-state index in [4.69, 9.17) is 0 Å². The summed E-state index contributed by atoms with van der Waals surface area (Å²) in [6.07, 6.45) is -12.0. The van der Waals surface area contributed by atoms with Crippen LogP contribution in [-0.4, -0.2) is 0 Å². The molecule has 44 heavy (non-hydrogen) atoms. The molecule has 0 amide bonds. The summed E-state index contributed by atoms with van der Waals surface area (Å²) < 4.78 is 229. The molecule has 5 aromatic carbocycles. The van der Waals surface area contributed by atoms with Crippen LogP contribution >= 0.6 is 0 Å². The Balaban J connectivity index is 2.10. The van der Waals surface area contributed by atoms with Crippen LogP contribution in [0.4, 0.5) is 70.2 Å². The lowest BCUT2D eigenvalue weighted by Crippen LogP contribution is -2.17.